The molecule has 4 rings (SSSR count). The van der Waals surface area contributed by atoms with Crippen molar-refractivity contribution < 1.29 is 0 Å². The van der Waals surface area contributed by atoms with Gasteiger partial charge in [0.15, 0.2) is 5.50 Å². The number of aromatic nitrogens is 1. The van der Waals surface area contributed by atoms with Crippen molar-refractivity contribution in [3.8, 4) is 0 Å². The molecule has 0 N–H and O–H groups in total. The van der Waals surface area contributed by atoms with Crippen molar-refractivity contribution in [3.05, 3.63) is 53.4 Å². The average molecular weight is 375 g/mol. The summed E-state index contributed by atoms with van der Waals surface area (Å²) in [6, 6.07) is 8.83. The number of hydrogen-bond acceptors (Lipinski definition) is 4. The van der Waals surface area contributed by atoms with Gasteiger partial charge in [0, 0.05) is 48.3 Å². The van der Waals surface area contributed by atoms with Crippen LogP contribution in [-0.4, -0.2) is 39.5 Å². The van der Waals surface area contributed by atoms with Gasteiger partial charge in [0.1, 0.15) is 5.16 Å². The van der Waals surface area contributed by atoms with Crippen molar-refractivity contribution in [1.82, 2.24) is 14.4 Å². The van der Waals surface area contributed by atoms with Crippen molar-refractivity contribution in [2.75, 3.05) is 24.5 Å². The number of likely N-dealkylation sites (N-methyl/N-ethyl adjacent to an activating group) is 1. The molecule has 6 heteroatoms. The average Bonchev–Trinajstić information content (AvgIpc) is 3.29. The van der Waals surface area contributed by atoms with Gasteiger partial charge in [-0.25, -0.2) is 0 Å². The van der Waals surface area contributed by atoms with E-state index in [4.69, 9.17) is 11.6 Å². The molecule has 2 aliphatic heterocycles. The summed E-state index contributed by atoms with van der Waals surface area (Å²) in [5.74, 6) is 0. The highest BCUT2D eigenvalue weighted by Crippen LogP contribution is 2.41. The van der Waals surface area contributed by atoms with E-state index in [0.717, 1.165) is 37.0 Å². The Morgan fingerprint density at radius 1 is 1.20 bits per heavy atom. The zero-order valence-corrected chi connectivity index (χ0v) is 16.2. The summed E-state index contributed by atoms with van der Waals surface area (Å²) in [5.41, 5.74) is 2.62. The zero-order chi connectivity index (χ0) is 17.4. The van der Waals surface area contributed by atoms with E-state index in [0.29, 0.717) is 0 Å². The van der Waals surface area contributed by atoms with E-state index in [1.165, 1.54) is 10.9 Å². The summed E-state index contributed by atoms with van der Waals surface area (Å²) in [6.07, 6.45) is 6.25. The minimum absolute atomic E-state index is 0.203. The lowest BCUT2D eigenvalue weighted by Gasteiger charge is -2.27. The number of nitrogens with zero attached hydrogens (tertiary/aromatic N) is 4. The molecule has 0 spiro atoms. The molecule has 0 saturated heterocycles. The van der Waals surface area contributed by atoms with E-state index in [1.54, 1.807) is 11.8 Å². The molecule has 3 heterocycles. The first-order valence-corrected chi connectivity index (χ1v) is 10.1. The fourth-order valence-electron chi connectivity index (χ4n) is 3.48. The molecule has 1 unspecified atom stereocenters. The largest absolute Gasteiger partial charge is 0.346 e. The van der Waals surface area contributed by atoms with Crippen LogP contribution in [0.25, 0.3) is 10.9 Å². The highest BCUT2D eigenvalue weighted by molar-refractivity contribution is 8.03. The summed E-state index contributed by atoms with van der Waals surface area (Å²) in [7, 11) is 0. The quantitative estimate of drug-likeness (QED) is 0.683. The maximum atomic E-state index is 6.48. The standard InChI is InChI=1S/C19H23ClN4S/c1-3-21(4-2)9-10-22-8-7-15-13-16(5-6-17(15)22)24-18(20)14-23-11-12-25-19(23)24/h5-8,11-14,19H,3-4,9-10H2,1-2H3. The van der Waals surface area contributed by atoms with E-state index in [9.17, 15) is 0 Å². The molecule has 25 heavy (non-hydrogen) atoms. The van der Waals surface area contributed by atoms with Gasteiger partial charge in [-0.3, -0.25) is 0 Å². The second-order valence-electron chi connectivity index (χ2n) is 6.30. The second kappa shape index (κ2) is 6.98. The van der Waals surface area contributed by atoms with Gasteiger partial charge >= 0.3 is 0 Å². The molecule has 2 aromatic rings. The summed E-state index contributed by atoms with van der Waals surface area (Å²) in [4.78, 5) is 6.78. The lowest BCUT2D eigenvalue weighted by Crippen LogP contribution is -2.31. The van der Waals surface area contributed by atoms with Gasteiger partial charge in [-0.2, -0.15) is 0 Å². The van der Waals surface area contributed by atoms with E-state index in [-0.39, 0.29) is 5.50 Å². The first-order chi connectivity index (χ1) is 12.2. The third kappa shape index (κ3) is 3.05. The van der Waals surface area contributed by atoms with E-state index in [2.05, 4.69) is 75.2 Å². The Labute approximate surface area is 158 Å². The van der Waals surface area contributed by atoms with Crippen molar-refractivity contribution in [2.45, 2.75) is 25.9 Å². The maximum absolute atomic E-state index is 6.48. The van der Waals surface area contributed by atoms with Gasteiger partial charge < -0.3 is 19.3 Å². The summed E-state index contributed by atoms with van der Waals surface area (Å²) >= 11 is 8.25. The molecular formula is C19H23ClN4S. The van der Waals surface area contributed by atoms with Crippen molar-refractivity contribution >= 4 is 40.0 Å². The predicted molar refractivity (Wildman–Crippen MR) is 108 cm³/mol. The highest BCUT2D eigenvalue weighted by atomic mass is 35.5. The van der Waals surface area contributed by atoms with Crippen LogP contribution < -0.4 is 4.90 Å². The van der Waals surface area contributed by atoms with Crippen LogP contribution in [0.3, 0.4) is 0 Å². The molecule has 0 amide bonds. The van der Waals surface area contributed by atoms with Gasteiger partial charge in [-0.1, -0.05) is 37.2 Å². The molecule has 132 valence electrons. The number of hydrogen-bond donors (Lipinski definition) is 0. The smallest absolute Gasteiger partial charge is 0.163 e. The van der Waals surface area contributed by atoms with Gasteiger partial charge in [0.25, 0.3) is 0 Å². The van der Waals surface area contributed by atoms with E-state index in [1.807, 2.05) is 6.20 Å². The number of halogens is 1. The fraction of sp³-hybridized carbons (Fsp3) is 0.368. The third-order valence-electron chi connectivity index (χ3n) is 4.98. The van der Waals surface area contributed by atoms with Crippen LogP contribution in [0.4, 0.5) is 5.69 Å². The van der Waals surface area contributed by atoms with Gasteiger partial charge in [-0.05, 0) is 42.8 Å². The molecule has 1 aromatic carbocycles. The Kier molecular flexibility index (Phi) is 4.71. The molecule has 4 nitrogen and oxygen atoms in total. The lowest BCUT2D eigenvalue weighted by atomic mass is 10.2. The molecule has 0 bridgehead atoms. The molecule has 0 aliphatic carbocycles. The number of anilines is 1. The number of fused-ring (bicyclic) bond motifs is 2. The van der Waals surface area contributed by atoms with Crippen molar-refractivity contribution in [1.29, 1.82) is 0 Å². The second-order valence-corrected chi connectivity index (χ2v) is 7.65. The molecule has 0 saturated carbocycles. The Morgan fingerprint density at radius 3 is 2.84 bits per heavy atom. The molecule has 0 fully saturated rings. The Hall–Kier alpha value is -1.56. The Bertz CT molecular complexity index is 824. The zero-order valence-electron chi connectivity index (χ0n) is 14.6. The first kappa shape index (κ1) is 16.9. The minimum Gasteiger partial charge on any atom is -0.346 e. The SMILES string of the molecule is CCN(CC)CCn1ccc2cc(N3C(Cl)=CN4C=CSC43)ccc21. The van der Waals surface area contributed by atoms with Crippen molar-refractivity contribution in [3.63, 3.8) is 0 Å². The normalized spacial score (nSPS) is 19.4. The molecule has 2 aliphatic rings. The Morgan fingerprint density at radius 2 is 2.04 bits per heavy atom. The maximum Gasteiger partial charge on any atom is 0.163 e. The van der Waals surface area contributed by atoms with Crippen LogP contribution in [0.1, 0.15) is 13.8 Å². The van der Waals surface area contributed by atoms with Crippen LogP contribution in [0.5, 0.6) is 0 Å². The number of rotatable bonds is 6. The summed E-state index contributed by atoms with van der Waals surface area (Å²) in [6.45, 7) is 8.74. The Balaban J connectivity index is 1.57. The van der Waals surface area contributed by atoms with E-state index >= 15 is 0 Å². The van der Waals surface area contributed by atoms with Crippen LogP contribution in [0.15, 0.2) is 53.4 Å². The van der Waals surface area contributed by atoms with Crippen LogP contribution in [-0.2, 0) is 6.54 Å². The van der Waals surface area contributed by atoms with Crippen molar-refractivity contribution in [2.24, 2.45) is 0 Å². The van der Waals surface area contributed by atoms with Gasteiger partial charge in [0.05, 0.1) is 0 Å². The topological polar surface area (TPSA) is 14.7 Å². The van der Waals surface area contributed by atoms with Crippen LogP contribution in [0, 0.1) is 0 Å². The molecular weight excluding hydrogens is 352 g/mol. The van der Waals surface area contributed by atoms with E-state index < -0.39 is 0 Å². The summed E-state index contributed by atoms with van der Waals surface area (Å²) in [5, 5.41) is 4.14. The van der Waals surface area contributed by atoms with Gasteiger partial charge in [0.2, 0.25) is 0 Å². The third-order valence-corrected chi connectivity index (χ3v) is 6.24. The molecule has 0 radical (unpaired) electrons. The molecule has 1 aromatic heterocycles. The summed E-state index contributed by atoms with van der Waals surface area (Å²) < 4.78 is 2.34. The van der Waals surface area contributed by atoms with Gasteiger partial charge in [-0.15, -0.1) is 0 Å². The lowest BCUT2D eigenvalue weighted by molar-refractivity contribution is 0.292. The monoisotopic (exact) mass is 374 g/mol. The predicted octanol–water partition coefficient (Wildman–Crippen LogP) is 4.64. The highest BCUT2D eigenvalue weighted by Gasteiger charge is 2.34. The number of thioether (sulfide) groups is 1. The fourth-order valence-corrected chi connectivity index (χ4v) is 4.82. The molecule has 1 atom stereocenters. The minimum atomic E-state index is 0.203. The first-order valence-electron chi connectivity index (χ1n) is 8.78. The van der Waals surface area contributed by atoms with Crippen LogP contribution >= 0.6 is 23.4 Å². The van der Waals surface area contributed by atoms with Crippen LogP contribution in [0.2, 0.25) is 0 Å². The number of benzene rings is 1.